The van der Waals surface area contributed by atoms with Crippen molar-refractivity contribution in [3.8, 4) is 22.6 Å². The van der Waals surface area contributed by atoms with Crippen molar-refractivity contribution in [2.75, 3.05) is 20.8 Å². The molecule has 27 heavy (non-hydrogen) atoms. The van der Waals surface area contributed by atoms with Crippen LogP contribution < -0.4 is 14.8 Å². The van der Waals surface area contributed by atoms with Crippen LogP contribution >= 0.6 is 0 Å². The van der Waals surface area contributed by atoms with E-state index in [1.54, 1.807) is 14.2 Å². The predicted octanol–water partition coefficient (Wildman–Crippen LogP) is 4.66. The number of benzene rings is 2. The van der Waals surface area contributed by atoms with E-state index in [0.717, 1.165) is 24.5 Å². The second-order valence-corrected chi connectivity index (χ2v) is 6.47. The number of rotatable bonds is 8. The van der Waals surface area contributed by atoms with Gasteiger partial charge >= 0.3 is 0 Å². The van der Waals surface area contributed by atoms with Gasteiger partial charge in [0.05, 0.1) is 14.2 Å². The van der Waals surface area contributed by atoms with E-state index in [1.165, 1.54) is 22.3 Å². The van der Waals surface area contributed by atoms with E-state index in [9.17, 15) is 0 Å². The maximum absolute atomic E-state index is 5.37. The number of hydrogen-bond donors (Lipinski definition) is 1. The number of nitrogens with one attached hydrogen (secondary N) is 1. The van der Waals surface area contributed by atoms with E-state index < -0.39 is 0 Å². The zero-order valence-electron chi connectivity index (χ0n) is 16.1. The van der Waals surface area contributed by atoms with Crippen molar-refractivity contribution in [2.45, 2.75) is 19.4 Å². The molecule has 140 valence electrons. The summed E-state index contributed by atoms with van der Waals surface area (Å²) in [5.41, 5.74) is 4.89. The van der Waals surface area contributed by atoms with Gasteiger partial charge in [-0.1, -0.05) is 30.3 Å². The third-order valence-electron chi connectivity index (χ3n) is 4.74. The number of hydrogen-bond acceptors (Lipinski definition) is 4. The molecule has 0 aliphatic heterocycles. The quantitative estimate of drug-likeness (QED) is 0.633. The number of ether oxygens (including phenoxy) is 2. The molecule has 0 saturated heterocycles. The zero-order valence-corrected chi connectivity index (χ0v) is 16.1. The van der Waals surface area contributed by atoms with Crippen molar-refractivity contribution in [1.82, 2.24) is 10.3 Å². The highest BCUT2D eigenvalue weighted by Crippen LogP contribution is 2.27. The number of pyridine rings is 1. The summed E-state index contributed by atoms with van der Waals surface area (Å²) < 4.78 is 10.7. The molecule has 1 unspecified atom stereocenters. The molecule has 1 N–H and O–H groups in total. The van der Waals surface area contributed by atoms with Gasteiger partial charge in [-0.25, -0.2) is 0 Å². The molecule has 0 aliphatic carbocycles. The summed E-state index contributed by atoms with van der Waals surface area (Å²) in [5, 5.41) is 3.59. The summed E-state index contributed by atoms with van der Waals surface area (Å²) >= 11 is 0. The second-order valence-electron chi connectivity index (χ2n) is 6.47. The molecule has 0 bridgehead atoms. The monoisotopic (exact) mass is 362 g/mol. The number of methoxy groups -OCH3 is 2. The van der Waals surface area contributed by atoms with Gasteiger partial charge in [0.25, 0.3) is 0 Å². The van der Waals surface area contributed by atoms with Gasteiger partial charge in [0, 0.05) is 18.4 Å². The maximum atomic E-state index is 5.37. The lowest BCUT2D eigenvalue weighted by Gasteiger charge is -2.15. The predicted molar refractivity (Wildman–Crippen MR) is 109 cm³/mol. The Kier molecular flexibility index (Phi) is 6.44. The fourth-order valence-electron chi connectivity index (χ4n) is 3.10. The van der Waals surface area contributed by atoms with E-state index in [-0.39, 0.29) is 6.04 Å². The third-order valence-corrected chi connectivity index (χ3v) is 4.74. The lowest BCUT2D eigenvalue weighted by Crippen LogP contribution is -2.21. The summed E-state index contributed by atoms with van der Waals surface area (Å²) in [7, 11) is 3.32. The Balaban J connectivity index is 1.56. The molecular formula is C23H26N2O2. The minimum atomic E-state index is 0.289. The Morgan fingerprint density at radius 3 is 2.19 bits per heavy atom. The molecule has 0 radical (unpaired) electrons. The van der Waals surface area contributed by atoms with Crippen LogP contribution in [0.2, 0.25) is 0 Å². The van der Waals surface area contributed by atoms with Gasteiger partial charge < -0.3 is 14.8 Å². The van der Waals surface area contributed by atoms with Crippen LogP contribution in [0.25, 0.3) is 11.1 Å². The van der Waals surface area contributed by atoms with Crippen LogP contribution in [0.5, 0.6) is 11.5 Å². The van der Waals surface area contributed by atoms with Crippen LogP contribution in [-0.2, 0) is 6.42 Å². The minimum Gasteiger partial charge on any atom is -0.493 e. The lowest BCUT2D eigenvalue weighted by atomic mass is 10.0. The third kappa shape index (κ3) is 4.86. The van der Waals surface area contributed by atoms with Crippen molar-refractivity contribution in [3.63, 3.8) is 0 Å². The van der Waals surface area contributed by atoms with E-state index in [4.69, 9.17) is 9.47 Å². The van der Waals surface area contributed by atoms with Gasteiger partial charge in [0.1, 0.15) is 0 Å². The smallest absolute Gasteiger partial charge is 0.160 e. The average molecular weight is 362 g/mol. The Hall–Kier alpha value is -2.85. The van der Waals surface area contributed by atoms with Crippen molar-refractivity contribution in [2.24, 2.45) is 0 Å². The van der Waals surface area contributed by atoms with Crippen LogP contribution in [0.15, 0.2) is 67.0 Å². The molecule has 1 atom stereocenters. The summed E-state index contributed by atoms with van der Waals surface area (Å²) in [6.07, 6.45) is 4.57. The highest BCUT2D eigenvalue weighted by Gasteiger charge is 2.07. The number of aromatic nitrogens is 1. The Bertz CT molecular complexity index is 848. The van der Waals surface area contributed by atoms with E-state index in [2.05, 4.69) is 47.6 Å². The first-order valence-corrected chi connectivity index (χ1v) is 9.16. The molecule has 0 amide bonds. The highest BCUT2D eigenvalue weighted by molar-refractivity contribution is 5.62. The van der Waals surface area contributed by atoms with Crippen LogP contribution in [0.3, 0.4) is 0 Å². The molecular weight excluding hydrogens is 336 g/mol. The van der Waals surface area contributed by atoms with Crippen LogP contribution in [0.4, 0.5) is 0 Å². The first kappa shape index (κ1) is 18.9. The van der Waals surface area contributed by atoms with E-state index in [0.29, 0.717) is 0 Å². The van der Waals surface area contributed by atoms with Crippen LogP contribution in [0.1, 0.15) is 24.1 Å². The maximum Gasteiger partial charge on any atom is 0.160 e. The molecule has 0 fully saturated rings. The van der Waals surface area contributed by atoms with Crippen molar-refractivity contribution in [3.05, 3.63) is 78.1 Å². The summed E-state index contributed by atoms with van der Waals surface area (Å²) in [5.74, 6) is 1.53. The van der Waals surface area contributed by atoms with E-state index in [1.807, 2.05) is 36.7 Å². The van der Waals surface area contributed by atoms with E-state index >= 15 is 0 Å². The summed E-state index contributed by atoms with van der Waals surface area (Å²) in [6, 6.07) is 19.1. The molecule has 1 heterocycles. The highest BCUT2D eigenvalue weighted by atomic mass is 16.5. The topological polar surface area (TPSA) is 43.4 Å². The molecule has 4 heteroatoms. The fourth-order valence-corrected chi connectivity index (χ4v) is 3.10. The lowest BCUT2D eigenvalue weighted by molar-refractivity contribution is 0.354. The van der Waals surface area contributed by atoms with Gasteiger partial charge in [0.15, 0.2) is 11.5 Å². The van der Waals surface area contributed by atoms with Crippen molar-refractivity contribution >= 4 is 0 Å². The first-order chi connectivity index (χ1) is 13.2. The molecule has 4 nitrogen and oxygen atoms in total. The normalized spacial score (nSPS) is 11.8. The average Bonchev–Trinajstić information content (AvgIpc) is 2.74. The zero-order chi connectivity index (χ0) is 19.1. The SMILES string of the molecule is COc1ccc(CCNC(C)c2ccc(-c3ccncc3)cc2)cc1OC. The number of nitrogens with zero attached hydrogens (tertiary/aromatic N) is 1. The van der Waals surface area contributed by atoms with Gasteiger partial charge in [-0.15, -0.1) is 0 Å². The first-order valence-electron chi connectivity index (χ1n) is 9.16. The standard InChI is InChI=1S/C23H26N2O2/c1-17(19-5-7-20(8-6-19)21-11-13-24-14-12-21)25-15-10-18-4-9-22(26-2)23(16-18)27-3/h4-9,11-14,16-17,25H,10,15H2,1-3H3. The molecule has 1 aromatic heterocycles. The van der Waals surface area contributed by atoms with Crippen LogP contribution in [-0.4, -0.2) is 25.7 Å². The minimum absolute atomic E-state index is 0.289. The van der Waals surface area contributed by atoms with Crippen LogP contribution in [0, 0.1) is 0 Å². The van der Waals surface area contributed by atoms with Gasteiger partial charge in [-0.3, -0.25) is 4.98 Å². The van der Waals surface area contributed by atoms with Crippen molar-refractivity contribution in [1.29, 1.82) is 0 Å². The summed E-state index contributed by atoms with van der Waals surface area (Å²) in [6.45, 7) is 3.08. The molecule has 2 aromatic carbocycles. The Morgan fingerprint density at radius 2 is 1.52 bits per heavy atom. The summed E-state index contributed by atoms with van der Waals surface area (Å²) in [4.78, 5) is 4.07. The Morgan fingerprint density at radius 1 is 0.852 bits per heavy atom. The van der Waals surface area contributed by atoms with Gasteiger partial charge in [-0.05, 0) is 66.4 Å². The molecule has 0 spiro atoms. The molecule has 3 rings (SSSR count). The van der Waals surface area contributed by atoms with Crippen molar-refractivity contribution < 1.29 is 9.47 Å². The van der Waals surface area contributed by atoms with Gasteiger partial charge in [-0.2, -0.15) is 0 Å². The fraction of sp³-hybridized carbons (Fsp3) is 0.261. The largest absolute Gasteiger partial charge is 0.493 e. The van der Waals surface area contributed by atoms with Gasteiger partial charge in [0.2, 0.25) is 0 Å². The Labute approximate surface area is 161 Å². The molecule has 3 aromatic rings. The molecule has 0 saturated carbocycles. The molecule has 0 aliphatic rings. The second kappa shape index (κ2) is 9.19.